The second kappa shape index (κ2) is 6.80. The van der Waals surface area contributed by atoms with Crippen molar-refractivity contribution in [3.63, 3.8) is 0 Å². The van der Waals surface area contributed by atoms with E-state index in [9.17, 15) is 8.78 Å². The maximum Gasteiger partial charge on any atom is 0.166 e. The van der Waals surface area contributed by atoms with Gasteiger partial charge in [-0.1, -0.05) is 43.7 Å². The number of aryl methyl sites for hydroxylation is 1. The zero-order valence-electron chi connectivity index (χ0n) is 12.0. The molecular formula is C17H20F2O. The van der Waals surface area contributed by atoms with Crippen LogP contribution in [0.2, 0.25) is 0 Å². The first kappa shape index (κ1) is 14.9. The van der Waals surface area contributed by atoms with Crippen LogP contribution in [0, 0.1) is 18.6 Å². The lowest BCUT2D eigenvalue weighted by Gasteiger charge is -2.21. The minimum atomic E-state index is -0.789. The van der Waals surface area contributed by atoms with Crippen LogP contribution in [-0.2, 0) is 4.74 Å². The van der Waals surface area contributed by atoms with Gasteiger partial charge in [0.1, 0.15) is 0 Å². The zero-order chi connectivity index (χ0) is 14.5. The lowest BCUT2D eigenvalue weighted by Crippen LogP contribution is -2.17. The standard InChI is InChI=1S/C17H20F2O/c1-3-4-15-10-7-13(11-20-15)6-9-14-8-5-12(2)16(18)17(14)19/h5-9,15H,3-4,10-11H2,1-2H3/b9-6+. The molecule has 0 spiro atoms. The van der Waals surface area contributed by atoms with E-state index in [1.54, 1.807) is 31.2 Å². The van der Waals surface area contributed by atoms with Crippen molar-refractivity contribution in [1.82, 2.24) is 0 Å². The fraction of sp³-hybridized carbons (Fsp3) is 0.412. The monoisotopic (exact) mass is 278 g/mol. The van der Waals surface area contributed by atoms with Crippen LogP contribution in [0.3, 0.4) is 0 Å². The normalized spacial score (nSPS) is 19.4. The van der Waals surface area contributed by atoms with Crippen molar-refractivity contribution in [3.8, 4) is 0 Å². The second-order valence-corrected chi connectivity index (χ2v) is 5.17. The predicted octanol–water partition coefficient (Wildman–Crippen LogP) is 4.80. The van der Waals surface area contributed by atoms with Gasteiger partial charge in [-0.15, -0.1) is 0 Å². The summed E-state index contributed by atoms with van der Waals surface area (Å²) >= 11 is 0. The fourth-order valence-electron chi connectivity index (χ4n) is 2.25. The molecule has 1 unspecified atom stereocenters. The Morgan fingerprint density at radius 1 is 1.25 bits per heavy atom. The van der Waals surface area contributed by atoms with Gasteiger partial charge in [0.25, 0.3) is 0 Å². The van der Waals surface area contributed by atoms with E-state index in [4.69, 9.17) is 4.74 Å². The highest BCUT2D eigenvalue weighted by Gasteiger charge is 2.13. The number of benzene rings is 1. The first-order chi connectivity index (χ1) is 9.61. The van der Waals surface area contributed by atoms with Crippen LogP contribution in [0.1, 0.15) is 37.3 Å². The summed E-state index contributed by atoms with van der Waals surface area (Å²) in [6, 6.07) is 3.18. The van der Waals surface area contributed by atoms with Crippen molar-refractivity contribution in [2.75, 3.05) is 6.61 Å². The van der Waals surface area contributed by atoms with Gasteiger partial charge in [0, 0.05) is 5.56 Å². The predicted molar refractivity (Wildman–Crippen MR) is 77.5 cm³/mol. The molecule has 0 fully saturated rings. The Bertz CT molecular complexity index is 532. The highest BCUT2D eigenvalue weighted by molar-refractivity contribution is 5.54. The number of hydrogen-bond donors (Lipinski definition) is 0. The van der Waals surface area contributed by atoms with Gasteiger partial charge >= 0.3 is 0 Å². The number of ether oxygens (including phenoxy) is 1. The number of rotatable bonds is 4. The van der Waals surface area contributed by atoms with Gasteiger partial charge in [0.15, 0.2) is 11.6 Å². The molecule has 0 amide bonds. The van der Waals surface area contributed by atoms with Crippen LogP contribution in [0.5, 0.6) is 0 Å². The molecule has 1 aromatic carbocycles. The van der Waals surface area contributed by atoms with Crippen molar-refractivity contribution in [1.29, 1.82) is 0 Å². The Hall–Kier alpha value is -1.48. The third kappa shape index (κ3) is 3.54. The maximum absolute atomic E-state index is 13.7. The quantitative estimate of drug-likeness (QED) is 0.768. The molecule has 0 aromatic heterocycles. The van der Waals surface area contributed by atoms with Gasteiger partial charge < -0.3 is 4.74 Å². The fourth-order valence-corrected chi connectivity index (χ4v) is 2.25. The Labute approximate surface area is 119 Å². The molecule has 0 radical (unpaired) electrons. The van der Waals surface area contributed by atoms with Gasteiger partial charge in [-0.2, -0.15) is 0 Å². The molecule has 1 nitrogen and oxygen atoms in total. The molecule has 2 rings (SSSR count). The molecule has 1 aliphatic heterocycles. The SMILES string of the molecule is CCCC1CC=C(/C=C/c2ccc(C)c(F)c2F)CO1. The summed E-state index contributed by atoms with van der Waals surface area (Å²) in [4.78, 5) is 0. The van der Waals surface area contributed by atoms with Crippen LogP contribution in [0.25, 0.3) is 6.08 Å². The highest BCUT2D eigenvalue weighted by atomic mass is 19.2. The van der Waals surface area contributed by atoms with Gasteiger partial charge in [-0.05, 0) is 30.9 Å². The molecule has 1 aromatic rings. The van der Waals surface area contributed by atoms with Crippen LogP contribution in [-0.4, -0.2) is 12.7 Å². The van der Waals surface area contributed by atoms with E-state index in [1.807, 2.05) is 0 Å². The average Bonchev–Trinajstić information content (AvgIpc) is 2.46. The molecule has 1 atom stereocenters. The van der Waals surface area contributed by atoms with Gasteiger partial charge in [-0.25, -0.2) is 8.78 Å². The third-order valence-corrected chi connectivity index (χ3v) is 3.52. The summed E-state index contributed by atoms with van der Waals surface area (Å²) in [5.41, 5.74) is 1.60. The molecule has 0 N–H and O–H groups in total. The first-order valence-corrected chi connectivity index (χ1v) is 7.05. The van der Waals surface area contributed by atoms with Gasteiger partial charge in [0.05, 0.1) is 12.7 Å². The van der Waals surface area contributed by atoms with E-state index < -0.39 is 11.6 Å². The minimum absolute atomic E-state index is 0.268. The minimum Gasteiger partial charge on any atom is -0.373 e. The summed E-state index contributed by atoms with van der Waals surface area (Å²) in [6.45, 7) is 4.23. The molecule has 1 heterocycles. The van der Waals surface area contributed by atoms with Crippen molar-refractivity contribution >= 4 is 6.08 Å². The van der Waals surface area contributed by atoms with E-state index >= 15 is 0 Å². The number of hydrogen-bond acceptors (Lipinski definition) is 1. The van der Waals surface area contributed by atoms with Gasteiger partial charge in [-0.3, -0.25) is 0 Å². The average molecular weight is 278 g/mol. The summed E-state index contributed by atoms with van der Waals surface area (Å²) in [7, 11) is 0. The molecule has 0 aliphatic carbocycles. The van der Waals surface area contributed by atoms with E-state index in [0.29, 0.717) is 18.3 Å². The van der Waals surface area contributed by atoms with Crippen molar-refractivity contribution < 1.29 is 13.5 Å². The third-order valence-electron chi connectivity index (χ3n) is 3.52. The second-order valence-electron chi connectivity index (χ2n) is 5.17. The lowest BCUT2D eigenvalue weighted by atomic mass is 10.0. The van der Waals surface area contributed by atoms with Crippen LogP contribution < -0.4 is 0 Å². The first-order valence-electron chi connectivity index (χ1n) is 7.05. The molecule has 0 bridgehead atoms. The molecular weight excluding hydrogens is 258 g/mol. The Morgan fingerprint density at radius 3 is 2.70 bits per heavy atom. The molecule has 0 saturated carbocycles. The Morgan fingerprint density at radius 2 is 2.05 bits per heavy atom. The molecule has 108 valence electrons. The summed E-state index contributed by atoms with van der Waals surface area (Å²) in [6.07, 6.45) is 8.87. The summed E-state index contributed by atoms with van der Waals surface area (Å²) < 4.78 is 32.9. The molecule has 3 heteroatoms. The van der Waals surface area contributed by atoms with Crippen LogP contribution in [0.15, 0.2) is 29.9 Å². The van der Waals surface area contributed by atoms with Crippen molar-refractivity contribution in [2.45, 2.75) is 39.2 Å². The van der Waals surface area contributed by atoms with E-state index in [2.05, 4.69) is 13.0 Å². The highest BCUT2D eigenvalue weighted by Crippen LogP contribution is 2.20. The summed E-state index contributed by atoms with van der Waals surface area (Å²) in [5, 5.41) is 0. The Balaban J connectivity index is 2.06. The maximum atomic E-state index is 13.7. The molecule has 0 saturated heterocycles. The molecule has 20 heavy (non-hydrogen) atoms. The van der Waals surface area contributed by atoms with E-state index in [-0.39, 0.29) is 5.56 Å². The van der Waals surface area contributed by atoms with Crippen molar-refractivity contribution in [3.05, 3.63) is 52.6 Å². The van der Waals surface area contributed by atoms with Crippen LogP contribution in [0.4, 0.5) is 8.78 Å². The topological polar surface area (TPSA) is 9.23 Å². The molecule has 1 aliphatic rings. The van der Waals surface area contributed by atoms with E-state index in [1.165, 1.54) is 0 Å². The van der Waals surface area contributed by atoms with E-state index in [0.717, 1.165) is 24.8 Å². The van der Waals surface area contributed by atoms with Gasteiger partial charge in [0.2, 0.25) is 0 Å². The lowest BCUT2D eigenvalue weighted by molar-refractivity contribution is 0.0572. The summed E-state index contributed by atoms with van der Waals surface area (Å²) in [5.74, 6) is -1.56. The Kier molecular flexibility index (Phi) is 5.07. The zero-order valence-corrected chi connectivity index (χ0v) is 12.0. The van der Waals surface area contributed by atoms with Crippen molar-refractivity contribution in [2.24, 2.45) is 0 Å². The largest absolute Gasteiger partial charge is 0.373 e. The number of halogens is 2. The van der Waals surface area contributed by atoms with Crippen LogP contribution >= 0.6 is 0 Å². The smallest absolute Gasteiger partial charge is 0.166 e.